The number of carbonyl (C=O) groups is 1. The molecule has 1 aliphatic heterocycles. The molecule has 0 spiro atoms. The van der Waals surface area contributed by atoms with Crippen molar-refractivity contribution < 1.29 is 13.9 Å². The predicted octanol–water partition coefficient (Wildman–Crippen LogP) is 2.22. The molecule has 3 rings (SSSR count). The van der Waals surface area contributed by atoms with Crippen molar-refractivity contribution in [1.82, 2.24) is 20.0 Å². The molecule has 1 aromatic heterocycles. The molecule has 26 heavy (non-hydrogen) atoms. The molecule has 2 heterocycles. The molecule has 1 atom stereocenters. The Morgan fingerprint density at radius 2 is 1.88 bits per heavy atom. The normalized spacial score (nSPS) is 16.5. The average Bonchev–Trinajstić information content (AvgIpc) is 3.12. The largest absolute Gasteiger partial charge is 0.497 e. The number of ether oxygens (including phenoxy) is 1. The Kier molecular flexibility index (Phi) is 5.88. The van der Waals surface area contributed by atoms with Gasteiger partial charge in [0.25, 0.3) is 0 Å². The summed E-state index contributed by atoms with van der Waals surface area (Å²) in [6.45, 7) is 6.96. The standard InChI is InChI=1S/C19H26N4O3/c1-14(19-21-20-15(2)26-19)22-10-12-23(13-11-22)18(24)9-6-16-4-7-17(25-3)8-5-16/h4-5,7-8,14H,6,9-13H2,1-3H3/t14-/m0/s1. The van der Waals surface area contributed by atoms with E-state index in [0.717, 1.165) is 43.9 Å². The lowest BCUT2D eigenvalue weighted by Gasteiger charge is -2.37. The van der Waals surface area contributed by atoms with Crippen LogP contribution in [-0.4, -0.2) is 59.2 Å². The van der Waals surface area contributed by atoms with Gasteiger partial charge in [0.2, 0.25) is 17.7 Å². The number of aromatic nitrogens is 2. The van der Waals surface area contributed by atoms with Crippen LogP contribution in [0, 0.1) is 6.92 Å². The van der Waals surface area contributed by atoms with Gasteiger partial charge in [0.1, 0.15) is 5.75 Å². The fourth-order valence-electron chi connectivity index (χ4n) is 3.20. The third kappa shape index (κ3) is 4.40. The summed E-state index contributed by atoms with van der Waals surface area (Å²) in [5.41, 5.74) is 1.15. The lowest BCUT2D eigenvalue weighted by atomic mass is 10.1. The molecule has 1 fully saturated rings. The molecule has 1 aliphatic rings. The zero-order valence-electron chi connectivity index (χ0n) is 15.6. The minimum atomic E-state index is 0.0766. The molecule has 140 valence electrons. The molecular formula is C19H26N4O3. The van der Waals surface area contributed by atoms with Crippen LogP contribution in [0.1, 0.15) is 36.7 Å². The van der Waals surface area contributed by atoms with Crippen LogP contribution in [0.3, 0.4) is 0 Å². The Morgan fingerprint density at radius 1 is 1.19 bits per heavy atom. The van der Waals surface area contributed by atoms with Crippen molar-refractivity contribution in [3.05, 3.63) is 41.6 Å². The van der Waals surface area contributed by atoms with E-state index in [4.69, 9.17) is 9.15 Å². The fraction of sp³-hybridized carbons (Fsp3) is 0.526. The molecular weight excluding hydrogens is 332 g/mol. The van der Waals surface area contributed by atoms with Gasteiger partial charge in [-0.1, -0.05) is 12.1 Å². The van der Waals surface area contributed by atoms with Crippen molar-refractivity contribution in [1.29, 1.82) is 0 Å². The van der Waals surface area contributed by atoms with Crippen molar-refractivity contribution in [2.24, 2.45) is 0 Å². The number of aryl methyl sites for hydroxylation is 2. The van der Waals surface area contributed by atoms with Crippen LogP contribution >= 0.6 is 0 Å². The number of piperazine rings is 1. The third-order valence-corrected chi connectivity index (χ3v) is 4.90. The first-order chi connectivity index (χ1) is 12.6. The first kappa shape index (κ1) is 18.4. The SMILES string of the molecule is COc1ccc(CCC(=O)N2CCN([C@@H](C)c3nnc(C)o3)CC2)cc1. The zero-order valence-corrected chi connectivity index (χ0v) is 15.6. The molecule has 1 aromatic carbocycles. The van der Waals surface area contributed by atoms with E-state index in [1.165, 1.54) is 0 Å². The average molecular weight is 358 g/mol. The molecule has 0 saturated carbocycles. The van der Waals surface area contributed by atoms with E-state index in [0.29, 0.717) is 18.2 Å². The lowest BCUT2D eigenvalue weighted by Crippen LogP contribution is -2.49. The Labute approximate surface area is 153 Å². The predicted molar refractivity (Wildman–Crippen MR) is 96.9 cm³/mol. The second-order valence-electron chi connectivity index (χ2n) is 6.60. The lowest BCUT2D eigenvalue weighted by molar-refractivity contribution is -0.133. The third-order valence-electron chi connectivity index (χ3n) is 4.90. The van der Waals surface area contributed by atoms with Crippen LogP contribution in [0.25, 0.3) is 0 Å². The van der Waals surface area contributed by atoms with Crippen molar-refractivity contribution in [3.63, 3.8) is 0 Å². The van der Waals surface area contributed by atoms with Gasteiger partial charge in [0, 0.05) is 39.5 Å². The second kappa shape index (κ2) is 8.31. The molecule has 0 bridgehead atoms. The highest BCUT2D eigenvalue weighted by Crippen LogP contribution is 2.21. The summed E-state index contributed by atoms with van der Waals surface area (Å²) in [4.78, 5) is 16.7. The molecule has 0 aliphatic carbocycles. The molecule has 1 saturated heterocycles. The maximum absolute atomic E-state index is 12.5. The van der Waals surface area contributed by atoms with E-state index in [9.17, 15) is 4.79 Å². The van der Waals surface area contributed by atoms with E-state index in [1.54, 1.807) is 14.0 Å². The number of carbonyl (C=O) groups excluding carboxylic acids is 1. The van der Waals surface area contributed by atoms with Gasteiger partial charge >= 0.3 is 0 Å². The van der Waals surface area contributed by atoms with Crippen LogP contribution < -0.4 is 4.74 Å². The first-order valence-electron chi connectivity index (χ1n) is 9.01. The van der Waals surface area contributed by atoms with Gasteiger partial charge in [-0.05, 0) is 31.0 Å². The number of nitrogens with zero attached hydrogens (tertiary/aromatic N) is 4. The molecule has 1 amide bonds. The Bertz CT molecular complexity index is 721. The highest BCUT2D eigenvalue weighted by molar-refractivity contribution is 5.76. The number of hydrogen-bond acceptors (Lipinski definition) is 6. The summed E-state index contributed by atoms with van der Waals surface area (Å²) in [5.74, 6) is 2.27. The van der Waals surface area contributed by atoms with Crippen LogP contribution in [0.15, 0.2) is 28.7 Å². The Balaban J connectivity index is 1.45. The number of amides is 1. The summed E-state index contributed by atoms with van der Waals surface area (Å²) >= 11 is 0. The fourth-order valence-corrected chi connectivity index (χ4v) is 3.20. The van der Waals surface area contributed by atoms with Crippen molar-refractivity contribution >= 4 is 5.91 Å². The summed E-state index contributed by atoms with van der Waals surface area (Å²) < 4.78 is 10.7. The maximum Gasteiger partial charge on any atom is 0.233 e. The van der Waals surface area contributed by atoms with Gasteiger partial charge in [0.05, 0.1) is 13.2 Å². The molecule has 7 heteroatoms. The van der Waals surface area contributed by atoms with E-state index in [1.807, 2.05) is 29.2 Å². The molecule has 0 N–H and O–H groups in total. The highest BCUT2D eigenvalue weighted by Gasteiger charge is 2.27. The minimum Gasteiger partial charge on any atom is -0.497 e. The molecule has 0 unspecified atom stereocenters. The van der Waals surface area contributed by atoms with Gasteiger partial charge in [0.15, 0.2) is 0 Å². The number of rotatable bonds is 6. The van der Waals surface area contributed by atoms with E-state index >= 15 is 0 Å². The van der Waals surface area contributed by atoms with Gasteiger partial charge in [-0.25, -0.2) is 0 Å². The molecule has 0 radical (unpaired) electrons. The van der Waals surface area contributed by atoms with Crippen LogP contribution in [0.2, 0.25) is 0 Å². The van der Waals surface area contributed by atoms with Crippen molar-refractivity contribution in [2.45, 2.75) is 32.7 Å². The Hall–Kier alpha value is -2.41. The monoisotopic (exact) mass is 358 g/mol. The topological polar surface area (TPSA) is 71.7 Å². The van der Waals surface area contributed by atoms with Gasteiger partial charge in [-0.2, -0.15) is 0 Å². The zero-order chi connectivity index (χ0) is 18.5. The van der Waals surface area contributed by atoms with E-state index in [-0.39, 0.29) is 11.9 Å². The Morgan fingerprint density at radius 3 is 2.46 bits per heavy atom. The number of methoxy groups -OCH3 is 1. The van der Waals surface area contributed by atoms with Crippen molar-refractivity contribution in [2.75, 3.05) is 33.3 Å². The van der Waals surface area contributed by atoms with Crippen LogP contribution in [0.4, 0.5) is 0 Å². The highest BCUT2D eigenvalue weighted by atomic mass is 16.5. The van der Waals surface area contributed by atoms with Crippen LogP contribution in [-0.2, 0) is 11.2 Å². The van der Waals surface area contributed by atoms with Gasteiger partial charge < -0.3 is 14.1 Å². The molecule has 7 nitrogen and oxygen atoms in total. The van der Waals surface area contributed by atoms with Gasteiger partial charge in [-0.15, -0.1) is 10.2 Å². The number of hydrogen-bond donors (Lipinski definition) is 0. The smallest absolute Gasteiger partial charge is 0.233 e. The first-order valence-corrected chi connectivity index (χ1v) is 9.01. The summed E-state index contributed by atoms with van der Waals surface area (Å²) in [5, 5.41) is 8.00. The minimum absolute atomic E-state index is 0.0766. The van der Waals surface area contributed by atoms with Crippen molar-refractivity contribution in [3.8, 4) is 5.75 Å². The van der Waals surface area contributed by atoms with Gasteiger partial charge in [-0.3, -0.25) is 9.69 Å². The van der Waals surface area contributed by atoms with E-state index < -0.39 is 0 Å². The molecule has 2 aromatic rings. The number of benzene rings is 1. The quantitative estimate of drug-likeness (QED) is 0.788. The second-order valence-corrected chi connectivity index (χ2v) is 6.60. The van der Waals surface area contributed by atoms with E-state index in [2.05, 4.69) is 22.0 Å². The summed E-state index contributed by atoms with van der Waals surface area (Å²) in [6.07, 6.45) is 1.28. The summed E-state index contributed by atoms with van der Waals surface area (Å²) in [7, 11) is 1.65. The summed E-state index contributed by atoms with van der Waals surface area (Å²) in [6, 6.07) is 7.96. The van der Waals surface area contributed by atoms with Crippen LogP contribution in [0.5, 0.6) is 5.75 Å². The maximum atomic E-state index is 12.5.